The van der Waals surface area contributed by atoms with Gasteiger partial charge in [0.15, 0.2) is 0 Å². The van der Waals surface area contributed by atoms with E-state index in [0.29, 0.717) is 17.3 Å². The smallest absolute Gasteiger partial charge is 0.307 e. The zero-order valence-electron chi connectivity index (χ0n) is 6.86. The van der Waals surface area contributed by atoms with Crippen LogP contribution in [0.1, 0.15) is 19.3 Å². The number of hydrogen-bond acceptors (Lipinski definition) is 1. The fourth-order valence-electron chi connectivity index (χ4n) is 3.26. The van der Waals surface area contributed by atoms with Gasteiger partial charge in [0.25, 0.3) is 0 Å². The van der Waals surface area contributed by atoms with E-state index in [1.165, 1.54) is 12.8 Å². The molecule has 64 valence electrons. The molecule has 3 rings (SSSR count). The van der Waals surface area contributed by atoms with Crippen LogP contribution in [-0.4, -0.2) is 11.1 Å². The molecule has 0 amide bonds. The molecule has 0 aromatic rings. The summed E-state index contributed by atoms with van der Waals surface area (Å²) in [5.74, 6) is 0.323. The van der Waals surface area contributed by atoms with Gasteiger partial charge in [0, 0.05) is 0 Å². The largest absolute Gasteiger partial charge is 0.481 e. The van der Waals surface area contributed by atoms with Gasteiger partial charge in [-0.05, 0) is 36.5 Å². The Labute approximate surface area is 71.3 Å². The highest BCUT2D eigenvalue weighted by Gasteiger charge is 2.64. The summed E-state index contributed by atoms with van der Waals surface area (Å²) in [6.45, 7) is 0. The Morgan fingerprint density at radius 1 is 1.42 bits per heavy atom. The second-order valence-corrected chi connectivity index (χ2v) is 4.43. The van der Waals surface area contributed by atoms with Gasteiger partial charge in [-0.3, -0.25) is 4.79 Å². The lowest BCUT2D eigenvalue weighted by molar-refractivity contribution is -0.142. The Hall–Kier alpha value is -0.790. The average Bonchev–Trinajstić information content (AvgIpc) is 2.69. The predicted octanol–water partition coefficient (Wildman–Crippen LogP) is 1.67. The lowest BCUT2D eigenvalue weighted by atomic mass is 9.89. The lowest BCUT2D eigenvalue weighted by Crippen LogP contribution is -2.20. The van der Waals surface area contributed by atoms with E-state index in [2.05, 4.69) is 12.2 Å². The molecule has 0 aromatic carbocycles. The molecule has 3 aliphatic rings. The first-order chi connectivity index (χ1) is 5.74. The summed E-state index contributed by atoms with van der Waals surface area (Å²) in [5, 5.41) is 8.96. The molecule has 1 N–H and O–H groups in total. The molecule has 1 spiro atoms. The summed E-state index contributed by atoms with van der Waals surface area (Å²) < 4.78 is 0. The highest BCUT2D eigenvalue weighted by Crippen LogP contribution is 2.70. The summed E-state index contributed by atoms with van der Waals surface area (Å²) in [7, 11) is 0. The second-order valence-electron chi connectivity index (χ2n) is 4.43. The number of rotatable bonds is 1. The van der Waals surface area contributed by atoms with Crippen LogP contribution in [-0.2, 0) is 4.79 Å². The minimum absolute atomic E-state index is 0.0671. The van der Waals surface area contributed by atoms with E-state index < -0.39 is 5.97 Å². The summed E-state index contributed by atoms with van der Waals surface area (Å²) >= 11 is 0. The van der Waals surface area contributed by atoms with Crippen LogP contribution in [0.3, 0.4) is 0 Å². The molecule has 0 saturated heterocycles. The summed E-state index contributed by atoms with van der Waals surface area (Å²) in [6.07, 6.45) is 7.83. The van der Waals surface area contributed by atoms with Crippen molar-refractivity contribution in [3.05, 3.63) is 12.2 Å². The third-order valence-electron chi connectivity index (χ3n) is 4.04. The van der Waals surface area contributed by atoms with Crippen LogP contribution in [0, 0.1) is 23.2 Å². The van der Waals surface area contributed by atoms with Crippen molar-refractivity contribution in [1.82, 2.24) is 0 Å². The molecule has 0 heterocycles. The minimum atomic E-state index is -0.585. The van der Waals surface area contributed by atoms with E-state index in [1.807, 2.05) is 0 Å². The van der Waals surface area contributed by atoms with Gasteiger partial charge in [0.2, 0.25) is 0 Å². The van der Waals surface area contributed by atoms with Crippen LogP contribution in [0.15, 0.2) is 12.2 Å². The molecule has 0 unspecified atom stereocenters. The van der Waals surface area contributed by atoms with E-state index in [9.17, 15) is 4.79 Å². The van der Waals surface area contributed by atoms with Crippen molar-refractivity contribution in [2.24, 2.45) is 23.2 Å². The molecule has 0 aromatic heterocycles. The lowest BCUT2D eigenvalue weighted by Gasteiger charge is -2.14. The maximum absolute atomic E-state index is 10.9. The van der Waals surface area contributed by atoms with Gasteiger partial charge in [0.1, 0.15) is 0 Å². The molecule has 2 fully saturated rings. The number of allylic oxidation sites excluding steroid dienone is 2. The second kappa shape index (κ2) is 1.76. The van der Waals surface area contributed by atoms with Gasteiger partial charge in [-0.15, -0.1) is 0 Å². The van der Waals surface area contributed by atoms with Gasteiger partial charge in [-0.2, -0.15) is 0 Å². The van der Waals surface area contributed by atoms with E-state index >= 15 is 0 Å². The van der Waals surface area contributed by atoms with Crippen molar-refractivity contribution in [2.45, 2.75) is 19.3 Å². The Kier molecular flexibility index (Phi) is 0.980. The van der Waals surface area contributed by atoms with Crippen LogP contribution in [0.2, 0.25) is 0 Å². The van der Waals surface area contributed by atoms with Crippen LogP contribution in [0.5, 0.6) is 0 Å². The SMILES string of the molecule is O=C(O)[C@H]1C[C@H]2C=C[C@H]1C21CC1. The number of hydrogen-bond donors (Lipinski definition) is 1. The van der Waals surface area contributed by atoms with Crippen LogP contribution in [0.25, 0.3) is 0 Å². The molecule has 3 atom stereocenters. The first-order valence-electron chi connectivity index (χ1n) is 4.65. The monoisotopic (exact) mass is 164 g/mol. The van der Waals surface area contributed by atoms with Crippen molar-refractivity contribution >= 4 is 5.97 Å². The van der Waals surface area contributed by atoms with Gasteiger partial charge in [-0.1, -0.05) is 12.2 Å². The zero-order valence-corrected chi connectivity index (χ0v) is 6.86. The van der Waals surface area contributed by atoms with Gasteiger partial charge in [0.05, 0.1) is 5.92 Å². The molecule has 0 radical (unpaired) electrons. The van der Waals surface area contributed by atoms with Crippen molar-refractivity contribution in [1.29, 1.82) is 0 Å². The molecular formula is C10H12O2. The van der Waals surface area contributed by atoms with E-state index in [1.54, 1.807) is 0 Å². The fraction of sp³-hybridized carbons (Fsp3) is 0.700. The molecule has 0 aliphatic heterocycles. The van der Waals surface area contributed by atoms with Gasteiger partial charge in [-0.25, -0.2) is 0 Å². The highest BCUT2D eigenvalue weighted by molar-refractivity contribution is 5.72. The molecule has 2 nitrogen and oxygen atoms in total. The fourth-order valence-corrected chi connectivity index (χ4v) is 3.26. The third kappa shape index (κ3) is 0.563. The summed E-state index contributed by atoms with van der Waals surface area (Å²) in [6, 6.07) is 0. The van der Waals surface area contributed by atoms with Crippen LogP contribution >= 0.6 is 0 Å². The van der Waals surface area contributed by atoms with Crippen molar-refractivity contribution in [2.75, 3.05) is 0 Å². The first-order valence-corrected chi connectivity index (χ1v) is 4.65. The normalized spacial score (nSPS) is 45.5. The molecule has 2 heteroatoms. The Morgan fingerprint density at radius 3 is 2.58 bits per heavy atom. The van der Waals surface area contributed by atoms with Crippen LogP contribution < -0.4 is 0 Å². The topological polar surface area (TPSA) is 37.3 Å². The Morgan fingerprint density at radius 2 is 2.17 bits per heavy atom. The van der Waals surface area contributed by atoms with E-state index in [0.717, 1.165) is 6.42 Å². The summed E-state index contributed by atoms with van der Waals surface area (Å²) in [5.41, 5.74) is 0.434. The Bertz CT molecular complexity index is 276. The minimum Gasteiger partial charge on any atom is -0.481 e. The summed E-state index contributed by atoms with van der Waals surface area (Å²) in [4.78, 5) is 10.9. The predicted molar refractivity (Wildman–Crippen MR) is 43.5 cm³/mol. The average molecular weight is 164 g/mol. The van der Waals surface area contributed by atoms with Gasteiger partial charge < -0.3 is 5.11 Å². The molecule has 2 bridgehead atoms. The van der Waals surface area contributed by atoms with Gasteiger partial charge >= 0.3 is 5.97 Å². The third-order valence-corrected chi connectivity index (χ3v) is 4.04. The molecule has 12 heavy (non-hydrogen) atoms. The maximum atomic E-state index is 10.9. The highest BCUT2D eigenvalue weighted by atomic mass is 16.4. The van der Waals surface area contributed by atoms with Crippen LogP contribution in [0.4, 0.5) is 0 Å². The van der Waals surface area contributed by atoms with Crippen molar-refractivity contribution in [3.63, 3.8) is 0 Å². The van der Waals surface area contributed by atoms with E-state index in [4.69, 9.17) is 5.11 Å². The van der Waals surface area contributed by atoms with E-state index in [-0.39, 0.29) is 5.92 Å². The quantitative estimate of drug-likeness (QED) is 0.598. The number of carbonyl (C=O) groups is 1. The van der Waals surface area contributed by atoms with Crippen molar-refractivity contribution in [3.8, 4) is 0 Å². The molecule has 2 saturated carbocycles. The number of carboxylic acids is 1. The number of aliphatic carboxylic acids is 1. The zero-order chi connectivity index (χ0) is 8.34. The first kappa shape index (κ1) is 6.70. The maximum Gasteiger partial charge on any atom is 0.307 e. The Balaban J connectivity index is 1.97. The van der Waals surface area contributed by atoms with Crippen molar-refractivity contribution < 1.29 is 9.90 Å². The number of carboxylic acid groups (broad SMARTS) is 1. The standard InChI is InChI=1S/C10H12O2/c11-9(12)7-5-6-1-2-8(7)10(6)3-4-10/h1-2,6-8H,3-5H2,(H,11,12)/t6-,7+,8-/m1/s1. The molecular weight excluding hydrogens is 152 g/mol. The molecule has 3 aliphatic carbocycles.